The molecule has 1 amide bonds. The molecule has 0 saturated carbocycles. The number of nitrogens with one attached hydrogen (secondary N) is 1. The third kappa shape index (κ3) is 2.74. The number of benzene rings is 2. The van der Waals surface area contributed by atoms with E-state index in [9.17, 15) is 9.18 Å². The number of hydrogen-bond donors (Lipinski definition) is 1. The van der Waals surface area contributed by atoms with Crippen LogP contribution in [0.2, 0.25) is 0 Å². The molecule has 0 fully saturated rings. The largest absolute Gasteiger partial charge is 0.298 e. The van der Waals surface area contributed by atoms with Crippen molar-refractivity contribution < 1.29 is 9.18 Å². The van der Waals surface area contributed by atoms with Crippen molar-refractivity contribution in [2.75, 3.05) is 5.32 Å². The number of halogens is 1. The molecular formula is C16H10FN5OS. The molecule has 0 bridgehead atoms. The number of carbonyl (C=O) groups is 1. The lowest BCUT2D eigenvalue weighted by atomic mass is 10.2. The lowest BCUT2D eigenvalue weighted by molar-refractivity contribution is 0.102. The molecule has 2 heterocycles. The second-order valence-corrected chi connectivity index (χ2v) is 6.00. The van der Waals surface area contributed by atoms with E-state index in [1.807, 2.05) is 0 Å². The molecule has 118 valence electrons. The van der Waals surface area contributed by atoms with Crippen LogP contribution in [0.25, 0.3) is 15.9 Å². The molecule has 0 unspecified atom stereocenters. The summed E-state index contributed by atoms with van der Waals surface area (Å²) in [5.74, 6) is -0.604. The van der Waals surface area contributed by atoms with Crippen LogP contribution in [0.15, 0.2) is 55.1 Å². The summed E-state index contributed by atoms with van der Waals surface area (Å²) in [5, 5.41) is 7.19. The Bertz CT molecular complexity index is 1010. The van der Waals surface area contributed by atoms with Gasteiger partial charge in [0.25, 0.3) is 5.91 Å². The average Bonchev–Trinajstić information content (AvgIpc) is 3.23. The van der Waals surface area contributed by atoms with Crippen LogP contribution in [0.5, 0.6) is 0 Å². The van der Waals surface area contributed by atoms with Crippen molar-refractivity contribution >= 4 is 32.6 Å². The zero-order valence-corrected chi connectivity index (χ0v) is 13.0. The normalized spacial score (nSPS) is 10.9. The zero-order chi connectivity index (χ0) is 16.5. The molecule has 24 heavy (non-hydrogen) atoms. The molecule has 0 saturated heterocycles. The first-order valence-corrected chi connectivity index (χ1v) is 7.83. The van der Waals surface area contributed by atoms with Crippen LogP contribution in [0.1, 0.15) is 10.4 Å². The van der Waals surface area contributed by atoms with Gasteiger partial charge in [-0.3, -0.25) is 10.1 Å². The van der Waals surface area contributed by atoms with E-state index in [4.69, 9.17) is 0 Å². The van der Waals surface area contributed by atoms with Crippen LogP contribution in [-0.4, -0.2) is 25.7 Å². The van der Waals surface area contributed by atoms with E-state index in [-0.39, 0.29) is 11.7 Å². The van der Waals surface area contributed by atoms with Crippen molar-refractivity contribution in [3.8, 4) is 5.69 Å². The molecule has 6 nitrogen and oxygen atoms in total. The zero-order valence-electron chi connectivity index (χ0n) is 12.2. The smallest absolute Gasteiger partial charge is 0.257 e. The average molecular weight is 339 g/mol. The minimum absolute atomic E-state index is 0.278. The second kappa shape index (κ2) is 5.82. The van der Waals surface area contributed by atoms with Crippen molar-refractivity contribution in [2.24, 2.45) is 0 Å². The van der Waals surface area contributed by atoms with Gasteiger partial charge in [0.2, 0.25) is 0 Å². The standard InChI is InChI=1S/C16H10FN5OS/c17-11-3-6-13-14(7-11)24-16(20-13)21-15(23)10-1-4-12(5-2-10)22-9-18-8-19-22/h1-9H,(H,20,21,23). The van der Waals surface area contributed by atoms with E-state index in [2.05, 4.69) is 20.4 Å². The van der Waals surface area contributed by atoms with Gasteiger partial charge in [-0.1, -0.05) is 11.3 Å². The van der Waals surface area contributed by atoms with Crippen molar-refractivity contribution in [3.05, 3.63) is 66.5 Å². The van der Waals surface area contributed by atoms with E-state index >= 15 is 0 Å². The Labute approximate surface area is 139 Å². The summed E-state index contributed by atoms with van der Waals surface area (Å²) in [6.07, 6.45) is 3.02. The molecule has 0 aliphatic heterocycles. The predicted octanol–water partition coefficient (Wildman–Crippen LogP) is 3.27. The van der Waals surface area contributed by atoms with Crippen molar-refractivity contribution in [2.45, 2.75) is 0 Å². The first-order chi connectivity index (χ1) is 11.7. The molecule has 0 atom stereocenters. The number of thiazole rings is 1. The summed E-state index contributed by atoms with van der Waals surface area (Å²) in [6.45, 7) is 0. The van der Waals surface area contributed by atoms with Crippen LogP contribution in [0, 0.1) is 5.82 Å². The highest BCUT2D eigenvalue weighted by Gasteiger charge is 2.10. The summed E-state index contributed by atoms with van der Waals surface area (Å²) in [6, 6.07) is 11.3. The van der Waals surface area contributed by atoms with Crippen molar-refractivity contribution in [1.82, 2.24) is 19.7 Å². The monoisotopic (exact) mass is 339 g/mol. The van der Waals surface area contributed by atoms with Gasteiger partial charge in [0.15, 0.2) is 5.13 Å². The van der Waals surface area contributed by atoms with Gasteiger partial charge in [-0.05, 0) is 42.5 Å². The maximum atomic E-state index is 13.2. The summed E-state index contributed by atoms with van der Waals surface area (Å²) < 4.78 is 15.5. The highest BCUT2D eigenvalue weighted by atomic mass is 32.1. The van der Waals surface area contributed by atoms with Crippen LogP contribution in [0.4, 0.5) is 9.52 Å². The maximum Gasteiger partial charge on any atom is 0.257 e. The minimum Gasteiger partial charge on any atom is -0.298 e. The number of hydrogen-bond acceptors (Lipinski definition) is 5. The number of anilines is 1. The van der Waals surface area contributed by atoms with Crippen LogP contribution < -0.4 is 5.32 Å². The van der Waals surface area contributed by atoms with Gasteiger partial charge in [-0.25, -0.2) is 19.0 Å². The molecule has 2 aromatic carbocycles. The fourth-order valence-electron chi connectivity index (χ4n) is 2.23. The van der Waals surface area contributed by atoms with E-state index in [0.29, 0.717) is 20.9 Å². The number of fused-ring (bicyclic) bond motifs is 1. The SMILES string of the molecule is O=C(Nc1nc2ccc(F)cc2s1)c1ccc(-n2cncn2)cc1. The van der Waals surface area contributed by atoms with Crippen LogP contribution in [0.3, 0.4) is 0 Å². The van der Waals surface area contributed by atoms with Crippen molar-refractivity contribution in [3.63, 3.8) is 0 Å². The first-order valence-electron chi connectivity index (χ1n) is 7.01. The quantitative estimate of drug-likeness (QED) is 0.622. The summed E-state index contributed by atoms with van der Waals surface area (Å²) in [5.41, 5.74) is 1.95. The molecule has 0 radical (unpaired) electrons. The summed E-state index contributed by atoms with van der Waals surface area (Å²) in [4.78, 5) is 20.5. The first kappa shape index (κ1) is 14.5. The van der Waals surface area contributed by atoms with Gasteiger partial charge in [-0.15, -0.1) is 0 Å². The minimum atomic E-state index is -0.326. The summed E-state index contributed by atoms with van der Waals surface area (Å²) >= 11 is 1.23. The number of amides is 1. The molecule has 2 aromatic heterocycles. The van der Waals surface area contributed by atoms with Gasteiger partial charge >= 0.3 is 0 Å². The number of rotatable bonds is 3. The Morgan fingerprint density at radius 2 is 2.00 bits per heavy atom. The van der Waals surface area contributed by atoms with Gasteiger partial charge in [-0.2, -0.15) is 5.10 Å². The number of nitrogens with zero attached hydrogens (tertiary/aromatic N) is 4. The van der Waals surface area contributed by atoms with E-state index < -0.39 is 0 Å². The lowest BCUT2D eigenvalue weighted by Crippen LogP contribution is -2.11. The lowest BCUT2D eigenvalue weighted by Gasteiger charge is -2.03. The number of carbonyl (C=O) groups excluding carboxylic acids is 1. The topological polar surface area (TPSA) is 72.7 Å². The van der Waals surface area contributed by atoms with Crippen molar-refractivity contribution in [1.29, 1.82) is 0 Å². The highest BCUT2D eigenvalue weighted by Crippen LogP contribution is 2.26. The third-order valence-corrected chi connectivity index (χ3v) is 4.32. The van der Waals surface area contributed by atoms with E-state index in [1.54, 1.807) is 41.3 Å². The Morgan fingerprint density at radius 3 is 2.75 bits per heavy atom. The van der Waals surface area contributed by atoms with E-state index in [1.165, 1.54) is 29.8 Å². The highest BCUT2D eigenvalue weighted by molar-refractivity contribution is 7.22. The van der Waals surface area contributed by atoms with Gasteiger partial charge < -0.3 is 0 Å². The molecule has 0 aliphatic carbocycles. The summed E-state index contributed by atoms with van der Waals surface area (Å²) in [7, 11) is 0. The van der Waals surface area contributed by atoms with E-state index in [0.717, 1.165) is 5.69 Å². The van der Waals surface area contributed by atoms with Crippen LogP contribution in [-0.2, 0) is 0 Å². The Morgan fingerprint density at radius 1 is 1.17 bits per heavy atom. The van der Waals surface area contributed by atoms with Gasteiger partial charge in [0.05, 0.1) is 15.9 Å². The molecule has 1 N–H and O–H groups in total. The molecule has 0 aliphatic rings. The Hall–Kier alpha value is -3.13. The Kier molecular flexibility index (Phi) is 3.51. The fraction of sp³-hybridized carbons (Fsp3) is 0. The maximum absolute atomic E-state index is 13.2. The van der Waals surface area contributed by atoms with Crippen LogP contribution >= 0.6 is 11.3 Å². The van der Waals surface area contributed by atoms with Gasteiger partial charge in [0.1, 0.15) is 18.5 Å². The molecular weight excluding hydrogens is 329 g/mol. The van der Waals surface area contributed by atoms with Gasteiger partial charge in [0, 0.05) is 5.56 Å². The third-order valence-electron chi connectivity index (χ3n) is 3.38. The molecule has 8 heteroatoms. The number of aromatic nitrogens is 4. The Balaban J connectivity index is 1.54. The predicted molar refractivity (Wildman–Crippen MR) is 88.9 cm³/mol. The molecule has 0 spiro atoms. The molecule has 4 rings (SSSR count). The molecule has 4 aromatic rings. The fourth-order valence-corrected chi connectivity index (χ4v) is 3.11. The second-order valence-electron chi connectivity index (χ2n) is 4.97.